The van der Waals surface area contributed by atoms with Crippen LogP contribution in [0.4, 0.5) is 0 Å². The first-order valence-electron chi connectivity index (χ1n) is 3.52. The fourth-order valence-corrected chi connectivity index (χ4v) is 0.830. The summed E-state index contributed by atoms with van der Waals surface area (Å²) >= 11 is 0. The van der Waals surface area contributed by atoms with E-state index in [1.807, 2.05) is 23.0 Å². The van der Waals surface area contributed by atoms with Crippen LogP contribution in [0.15, 0.2) is 31.1 Å². The molecule has 2 nitrogen and oxygen atoms in total. The van der Waals surface area contributed by atoms with Crippen LogP contribution in [0.25, 0.3) is 0 Å². The van der Waals surface area contributed by atoms with Crippen molar-refractivity contribution in [2.24, 2.45) is 0 Å². The summed E-state index contributed by atoms with van der Waals surface area (Å²) in [6.07, 6.45) is 7.91. The van der Waals surface area contributed by atoms with Crippen molar-refractivity contribution in [1.82, 2.24) is 9.78 Å². The molecule has 1 aromatic rings. The summed E-state index contributed by atoms with van der Waals surface area (Å²) in [4.78, 5) is 0. The predicted octanol–water partition coefficient (Wildman–Crippen LogP) is 1.85. The number of allylic oxidation sites excluding steroid dienone is 1. The van der Waals surface area contributed by atoms with Crippen LogP contribution in [0.2, 0.25) is 0 Å². The van der Waals surface area contributed by atoms with Gasteiger partial charge in [0.25, 0.3) is 0 Å². The number of hydrogen-bond acceptors (Lipinski definition) is 1. The minimum absolute atomic E-state index is 0.999. The summed E-state index contributed by atoms with van der Waals surface area (Å²) in [6, 6.07) is 1.94. The molecule has 0 aliphatic carbocycles. The third-order valence-electron chi connectivity index (χ3n) is 1.35. The molecule has 0 aliphatic rings. The van der Waals surface area contributed by atoms with Gasteiger partial charge in [0.05, 0.1) is 0 Å². The van der Waals surface area contributed by atoms with Crippen LogP contribution < -0.4 is 0 Å². The first-order valence-corrected chi connectivity index (χ1v) is 3.52. The van der Waals surface area contributed by atoms with Gasteiger partial charge in [-0.2, -0.15) is 5.10 Å². The van der Waals surface area contributed by atoms with Gasteiger partial charge < -0.3 is 0 Å². The summed E-state index contributed by atoms with van der Waals surface area (Å²) in [5.41, 5.74) is 0. The van der Waals surface area contributed by atoms with Gasteiger partial charge >= 0.3 is 0 Å². The molecule has 0 saturated carbocycles. The van der Waals surface area contributed by atoms with Crippen molar-refractivity contribution < 1.29 is 0 Å². The van der Waals surface area contributed by atoms with Crippen LogP contribution in [-0.2, 0) is 6.54 Å². The monoisotopic (exact) mass is 136 g/mol. The highest BCUT2D eigenvalue weighted by molar-refractivity contribution is 4.77. The zero-order valence-corrected chi connectivity index (χ0v) is 6.03. The van der Waals surface area contributed by atoms with Gasteiger partial charge in [0, 0.05) is 18.9 Å². The fourth-order valence-electron chi connectivity index (χ4n) is 0.830. The van der Waals surface area contributed by atoms with Crippen molar-refractivity contribution in [2.75, 3.05) is 0 Å². The second kappa shape index (κ2) is 3.88. The van der Waals surface area contributed by atoms with E-state index in [2.05, 4.69) is 11.7 Å². The van der Waals surface area contributed by atoms with Gasteiger partial charge in [-0.15, -0.1) is 6.58 Å². The Morgan fingerprint density at radius 2 is 2.50 bits per heavy atom. The van der Waals surface area contributed by atoms with Crippen molar-refractivity contribution in [3.8, 4) is 0 Å². The smallest absolute Gasteiger partial charge is 0.0489 e. The van der Waals surface area contributed by atoms with Crippen molar-refractivity contribution in [3.63, 3.8) is 0 Å². The summed E-state index contributed by atoms with van der Waals surface area (Å²) in [5.74, 6) is 0. The van der Waals surface area contributed by atoms with Crippen molar-refractivity contribution in [1.29, 1.82) is 0 Å². The van der Waals surface area contributed by atoms with E-state index in [1.165, 1.54) is 0 Å². The summed E-state index contributed by atoms with van der Waals surface area (Å²) in [6.45, 7) is 4.65. The molecule has 0 N–H and O–H groups in total. The Balaban J connectivity index is 2.21. The van der Waals surface area contributed by atoms with Gasteiger partial charge in [0.2, 0.25) is 0 Å². The summed E-state index contributed by atoms with van der Waals surface area (Å²) in [5, 5.41) is 4.07. The SMILES string of the molecule is C=CCCCn1cccn1. The quantitative estimate of drug-likeness (QED) is 0.456. The van der Waals surface area contributed by atoms with E-state index in [-0.39, 0.29) is 0 Å². The standard InChI is InChI=1S/C8H12N2/c1-2-3-4-7-10-8-5-6-9-10/h2,5-6,8H,1,3-4,7H2. The molecular weight excluding hydrogens is 124 g/mol. The van der Waals surface area contributed by atoms with Crippen molar-refractivity contribution >= 4 is 0 Å². The molecule has 0 spiro atoms. The second-order valence-electron chi connectivity index (χ2n) is 2.20. The number of hydrogen-bond donors (Lipinski definition) is 0. The average Bonchev–Trinajstić information content (AvgIpc) is 2.41. The van der Waals surface area contributed by atoms with Gasteiger partial charge in [-0.05, 0) is 18.9 Å². The molecule has 0 unspecified atom stereocenters. The molecule has 1 aromatic heterocycles. The molecule has 0 atom stereocenters. The van der Waals surface area contributed by atoms with Crippen LogP contribution in [0, 0.1) is 0 Å². The number of aryl methyl sites for hydroxylation is 1. The number of nitrogens with zero attached hydrogens (tertiary/aromatic N) is 2. The van der Waals surface area contributed by atoms with E-state index < -0.39 is 0 Å². The number of rotatable bonds is 4. The molecule has 0 bridgehead atoms. The Hall–Kier alpha value is -1.05. The van der Waals surface area contributed by atoms with E-state index >= 15 is 0 Å². The topological polar surface area (TPSA) is 17.8 Å². The number of unbranched alkanes of at least 4 members (excludes halogenated alkanes) is 1. The maximum absolute atomic E-state index is 4.07. The molecule has 10 heavy (non-hydrogen) atoms. The lowest BCUT2D eigenvalue weighted by Crippen LogP contribution is -1.96. The van der Waals surface area contributed by atoms with Gasteiger partial charge in [-0.25, -0.2) is 0 Å². The highest BCUT2D eigenvalue weighted by Crippen LogP contribution is 1.93. The van der Waals surface area contributed by atoms with E-state index in [0.29, 0.717) is 0 Å². The first-order chi connectivity index (χ1) is 4.93. The fraction of sp³-hybridized carbons (Fsp3) is 0.375. The summed E-state index contributed by atoms with van der Waals surface area (Å²) < 4.78 is 1.93. The van der Waals surface area contributed by atoms with E-state index in [4.69, 9.17) is 0 Å². The van der Waals surface area contributed by atoms with Crippen molar-refractivity contribution in [3.05, 3.63) is 31.1 Å². The molecule has 0 aliphatic heterocycles. The lowest BCUT2D eigenvalue weighted by Gasteiger charge is -1.96. The molecule has 2 heteroatoms. The first kappa shape index (κ1) is 7.06. The van der Waals surface area contributed by atoms with E-state index in [1.54, 1.807) is 6.20 Å². The molecule has 1 rings (SSSR count). The molecular formula is C8H12N2. The van der Waals surface area contributed by atoms with Gasteiger partial charge in [-0.3, -0.25) is 4.68 Å². The van der Waals surface area contributed by atoms with Gasteiger partial charge in [-0.1, -0.05) is 6.08 Å². The second-order valence-corrected chi connectivity index (χ2v) is 2.20. The molecule has 0 aromatic carbocycles. The lowest BCUT2D eigenvalue weighted by molar-refractivity contribution is 0.584. The molecule has 0 amide bonds. The van der Waals surface area contributed by atoms with Crippen molar-refractivity contribution in [2.45, 2.75) is 19.4 Å². The average molecular weight is 136 g/mol. The Bertz CT molecular complexity index is 177. The van der Waals surface area contributed by atoms with Crippen LogP contribution in [0.1, 0.15) is 12.8 Å². The Morgan fingerprint density at radius 1 is 1.60 bits per heavy atom. The molecule has 54 valence electrons. The van der Waals surface area contributed by atoms with Gasteiger partial charge in [0.15, 0.2) is 0 Å². The van der Waals surface area contributed by atoms with Gasteiger partial charge in [0.1, 0.15) is 0 Å². The molecule has 1 heterocycles. The van der Waals surface area contributed by atoms with E-state index in [9.17, 15) is 0 Å². The van der Waals surface area contributed by atoms with E-state index in [0.717, 1.165) is 19.4 Å². The zero-order valence-electron chi connectivity index (χ0n) is 6.03. The maximum atomic E-state index is 4.07. The van der Waals surface area contributed by atoms with Crippen LogP contribution >= 0.6 is 0 Å². The normalized spacial score (nSPS) is 9.60. The largest absolute Gasteiger partial charge is 0.273 e. The minimum atomic E-state index is 0.999. The highest BCUT2D eigenvalue weighted by Gasteiger charge is 1.86. The molecule has 0 fully saturated rings. The minimum Gasteiger partial charge on any atom is -0.273 e. The lowest BCUT2D eigenvalue weighted by atomic mass is 10.3. The Kier molecular flexibility index (Phi) is 2.74. The summed E-state index contributed by atoms with van der Waals surface area (Å²) in [7, 11) is 0. The molecule has 0 radical (unpaired) electrons. The number of aromatic nitrogens is 2. The molecule has 0 saturated heterocycles. The third-order valence-corrected chi connectivity index (χ3v) is 1.35. The van der Waals surface area contributed by atoms with Crippen LogP contribution in [-0.4, -0.2) is 9.78 Å². The Morgan fingerprint density at radius 3 is 3.10 bits per heavy atom. The van der Waals surface area contributed by atoms with Crippen LogP contribution in [0.3, 0.4) is 0 Å². The predicted molar refractivity (Wildman–Crippen MR) is 41.7 cm³/mol. The third kappa shape index (κ3) is 2.05. The zero-order chi connectivity index (χ0) is 7.23. The highest BCUT2D eigenvalue weighted by atomic mass is 15.3. The van der Waals surface area contributed by atoms with Crippen LogP contribution in [0.5, 0.6) is 0 Å². The maximum Gasteiger partial charge on any atom is 0.0489 e. The Labute approximate surface area is 61.2 Å².